The minimum Gasteiger partial charge on any atom is -0.462 e. The van der Waals surface area contributed by atoms with Crippen molar-refractivity contribution in [3.8, 4) is 10.8 Å². The fourth-order valence-corrected chi connectivity index (χ4v) is 3.45. The van der Waals surface area contributed by atoms with E-state index in [1.807, 2.05) is 43.4 Å². The summed E-state index contributed by atoms with van der Waals surface area (Å²) in [5.74, 6) is 0.822. The first-order chi connectivity index (χ1) is 12.6. The number of anilines is 1. The van der Waals surface area contributed by atoms with Crippen LogP contribution in [0.3, 0.4) is 0 Å². The Bertz CT molecular complexity index is 838. The van der Waals surface area contributed by atoms with Crippen molar-refractivity contribution in [2.75, 3.05) is 25.5 Å². The van der Waals surface area contributed by atoms with Crippen molar-refractivity contribution in [1.82, 2.24) is 9.88 Å². The van der Waals surface area contributed by atoms with Gasteiger partial charge in [-0.25, -0.2) is 4.98 Å². The van der Waals surface area contributed by atoms with Crippen LogP contribution in [0.15, 0.2) is 52.5 Å². The summed E-state index contributed by atoms with van der Waals surface area (Å²) in [6.45, 7) is 3.28. The van der Waals surface area contributed by atoms with E-state index < -0.39 is 0 Å². The molecule has 0 spiro atoms. The molecular formula is C20H23N3O2S. The zero-order valence-electron chi connectivity index (χ0n) is 15.3. The number of amides is 1. The van der Waals surface area contributed by atoms with Crippen molar-refractivity contribution >= 4 is 22.9 Å². The van der Waals surface area contributed by atoms with Crippen molar-refractivity contribution in [3.63, 3.8) is 0 Å². The Morgan fingerprint density at radius 1 is 1.19 bits per heavy atom. The molecule has 26 heavy (non-hydrogen) atoms. The van der Waals surface area contributed by atoms with Gasteiger partial charge in [-0.15, -0.1) is 11.3 Å². The first-order valence-electron chi connectivity index (χ1n) is 8.59. The maximum absolute atomic E-state index is 12.7. The molecule has 1 aromatic carbocycles. The second-order valence-corrected chi connectivity index (χ2v) is 7.12. The number of nitrogens with zero attached hydrogens (tertiary/aromatic N) is 3. The van der Waals surface area contributed by atoms with Gasteiger partial charge < -0.3 is 14.2 Å². The van der Waals surface area contributed by atoms with Crippen LogP contribution in [0, 0.1) is 0 Å². The molecule has 5 nitrogen and oxygen atoms in total. The molecule has 0 saturated carbocycles. The smallest absolute Gasteiger partial charge is 0.228 e. The minimum absolute atomic E-state index is 0.0838. The van der Waals surface area contributed by atoms with Crippen LogP contribution in [0.2, 0.25) is 0 Å². The lowest BCUT2D eigenvalue weighted by Crippen LogP contribution is -2.31. The van der Waals surface area contributed by atoms with Crippen LogP contribution in [0.4, 0.5) is 5.69 Å². The molecule has 2 heterocycles. The highest BCUT2D eigenvalue weighted by molar-refractivity contribution is 7.13. The summed E-state index contributed by atoms with van der Waals surface area (Å²) in [5.41, 5.74) is 3.06. The molecule has 2 aromatic heterocycles. The lowest BCUT2D eigenvalue weighted by molar-refractivity contribution is -0.130. The van der Waals surface area contributed by atoms with E-state index in [0.717, 1.165) is 27.7 Å². The quantitative estimate of drug-likeness (QED) is 0.630. The third-order valence-electron chi connectivity index (χ3n) is 4.18. The predicted molar refractivity (Wildman–Crippen MR) is 105 cm³/mol. The number of carbonyl (C=O) groups is 1. The van der Waals surface area contributed by atoms with Crippen molar-refractivity contribution < 1.29 is 9.21 Å². The maximum Gasteiger partial charge on any atom is 0.228 e. The maximum atomic E-state index is 12.7. The number of thiazole rings is 1. The van der Waals surface area contributed by atoms with Crippen LogP contribution in [-0.2, 0) is 17.8 Å². The van der Waals surface area contributed by atoms with Gasteiger partial charge in [0.2, 0.25) is 5.91 Å². The third kappa shape index (κ3) is 4.32. The van der Waals surface area contributed by atoms with Gasteiger partial charge in [0.05, 0.1) is 18.4 Å². The van der Waals surface area contributed by atoms with Gasteiger partial charge in [0.25, 0.3) is 0 Å². The van der Waals surface area contributed by atoms with E-state index in [4.69, 9.17) is 4.42 Å². The number of hydrogen-bond acceptors (Lipinski definition) is 5. The summed E-state index contributed by atoms with van der Waals surface area (Å²) < 4.78 is 5.36. The first kappa shape index (κ1) is 18.2. The lowest BCUT2D eigenvalue weighted by atomic mass is 10.1. The van der Waals surface area contributed by atoms with Crippen LogP contribution in [0.25, 0.3) is 10.8 Å². The lowest BCUT2D eigenvalue weighted by Gasteiger charge is -2.21. The molecule has 3 rings (SSSR count). The van der Waals surface area contributed by atoms with E-state index in [-0.39, 0.29) is 5.91 Å². The number of rotatable bonds is 7. The van der Waals surface area contributed by atoms with Crippen molar-refractivity contribution in [1.29, 1.82) is 0 Å². The molecule has 0 unspecified atom stereocenters. The Morgan fingerprint density at radius 3 is 2.58 bits per heavy atom. The number of likely N-dealkylation sites (N-methyl/N-ethyl adjacent to an activating group) is 1. The molecule has 1 amide bonds. The Kier molecular flexibility index (Phi) is 5.73. The summed E-state index contributed by atoms with van der Waals surface area (Å²) >= 11 is 1.50. The molecule has 3 aromatic rings. The Hall–Kier alpha value is -2.60. The number of hydrogen-bond donors (Lipinski definition) is 0. The molecule has 0 N–H and O–H groups in total. The summed E-state index contributed by atoms with van der Waals surface area (Å²) in [6, 6.07) is 12.0. The van der Waals surface area contributed by atoms with Gasteiger partial charge in [-0.05, 0) is 36.8 Å². The fourth-order valence-electron chi connectivity index (χ4n) is 2.66. The normalized spacial score (nSPS) is 10.7. The predicted octanol–water partition coefficient (Wildman–Crippen LogP) is 4.06. The van der Waals surface area contributed by atoms with Gasteiger partial charge in [-0.2, -0.15) is 0 Å². The van der Waals surface area contributed by atoms with E-state index in [1.54, 1.807) is 6.26 Å². The largest absolute Gasteiger partial charge is 0.462 e. The van der Waals surface area contributed by atoms with Gasteiger partial charge in [0.1, 0.15) is 0 Å². The summed E-state index contributed by atoms with van der Waals surface area (Å²) in [6.07, 6.45) is 1.93. The van der Waals surface area contributed by atoms with Crippen LogP contribution in [-0.4, -0.2) is 36.4 Å². The number of benzene rings is 1. The Labute approximate surface area is 157 Å². The Morgan fingerprint density at radius 2 is 1.96 bits per heavy atom. The van der Waals surface area contributed by atoms with Gasteiger partial charge in [0, 0.05) is 38.3 Å². The second-order valence-electron chi connectivity index (χ2n) is 6.27. The molecule has 0 radical (unpaired) electrons. The number of furan rings is 1. The van der Waals surface area contributed by atoms with Crippen LogP contribution < -0.4 is 4.90 Å². The molecule has 0 atom stereocenters. The van der Waals surface area contributed by atoms with Crippen LogP contribution >= 0.6 is 11.3 Å². The van der Waals surface area contributed by atoms with Gasteiger partial charge in [-0.1, -0.05) is 12.1 Å². The van der Waals surface area contributed by atoms with Crippen molar-refractivity contribution in [3.05, 3.63) is 59.3 Å². The molecule has 136 valence electrons. The highest BCUT2D eigenvalue weighted by Crippen LogP contribution is 2.24. The van der Waals surface area contributed by atoms with Crippen LogP contribution in [0.5, 0.6) is 0 Å². The van der Waals surface area contributed by atoms with Crippen LogP contribution in [0.1, 0.15) is 18.2 Å². The monoisotopic (exact) mass is 369 g/mol. The minimum atomic E-state index is 0.0838. The third-order valence-corrected chi connectivity index (χ3v) is 5.08. The molecule has 0 aliphatic carbocycles. The average molecular weight is 369 g/mol. The van der Waals surface area contributed by atoms with E-state index in [1.165, 1.54) is 11.3 Å². The number of carbonyl (C=O) groups excluding carboxylic acids is 1. The molecule has 0 aliphatic heterocycles. The molecule has 0 fully saturated rings. The highest BCUT2D eigenvalue weighted by Gasteiger charge is 2.16. The first-order valence-corrected chi connectivity index (χ1v) is 9.47. The van der Waals surface area contributed by atoms with Gasteiger partial charge >= 0.3 is 0 Å². The van der Waals surface area contributed by atoms with E-state index in [9.17, 15) is 4.79 Å². The topological polar surface area (TPSA) is 49.6 Å². The molecular weight excluding hydrogens is 346 g/mol. The zero-order chi connectivity index (χ0) is 18.5. The summed E-state index contributed by atoms with van der Waals surface area (Å²) in [4.78, 5) is 21.1. The van der Waals surface area contributed by atoms with Crippen molar-refractivity contribution in [2.45, 2.75) is 19.9 Å². The molecule has 0 saturated heterocycles. The fraction of sp³-hybridized carbons (Fsp3) is 0.300. The highest BCUT2D eigenvalue weighted by atomic mass is 32.1. The zero-order valence-corrected chi connectivity index (χ0v) is 16.1. The van der Waals surface area contributed by atoms with E-state index >= 15 is 0 Å². The molecule has 6 heteroatoms. The van der Waals surface area contributed by atoms with Gasteiger partial charge in [0.15, 0.2) is 10.8 Å². The SMILES string of the molecule is CCN(Cc1ccc(N(C)C)cc1)C(=O)Cc1csc(-c2ccco2)n1. The second kappa shape index (κ2) is 8.19. The number of aromatic nitrogens is 1. The summed E-state index contributed by atoms with van der Waals surface area (Å²) in [7, 11) is 4.03. The standard InChI is InChI=1S/C20H23N3O2S/c1-4-23(13-15-7-9-17(10-8-15)22(2)3)19(24)12-16-14-26-20(21-16)18-6-5-11-25-18/h5-11,14H,4,12-13H2,1-3H3. The van der Waals surface area contributed by atoms with Gasteiger partial charge in [-0.3, -0.25) is 4.79 Å². The molecule has 0 bridgehead atoms. The summed E-state index contributed by atoms with van der Waals surface area (Å²) in [5, 5.41) is 2.73. The van der Waals surface area contributed by atoms with E-state index in [2.05, 4.69) is 34.1 Å². The molecule has 0 aliphatic rings. The Balaban J connectivity index is 1.63. The van der Waals surface area contributed by atoms with Crippen molar-refractivity contribution in [2.24, 2.45) is 0 Å². The van der Waals surface area contributed by atoms with E-state index in [0.29, 0.717) is 19.5 Å². The average Bonchev–Trinajstić information content (AvgIpc) is 3.31.